The maximum atomic E-state index is 10.0. The largest absolute Gasteiger partial charge is 0.491 e. The number of aliphatic hydroxyl groups excluding tert-OH is 1. The minimum Gasteiger partial charge on any atom is -0.491 e. The molecule has 2 N–H and O–H groups in total. The highest BCUT2D eigenvalue weighted by Crippen LogP contribution is 2.13. The van der Waals surface area contributed by atoms with E-state index in [0.29, 0.717) is 24.8 Å². The number of rotatable bonds is 10. The van der Waals surface area contributed by atoms with Gasteiger partial charge in [0.2, 0.25) is 0 Å². The van der Waals surface area contributed by atoms with Crippen molar-refractivity contribution < 1.29 is 19.8 Å². The van der Waals surface area contributed by atoms with Crippen molar-refractivity contribution in [3.8, 4) is 5.75 Å². The summed E-state index contributed by atoms with van der Waals surface area (Å²) in [7, 11) is 0. The van der Waals surface area contributed by atoms with E-state index in [1.807, 2.05) is 26.0 Å². The number of ether oxygens (including phenoxy) is 1. The number of nitrogens with zero attached hydrogens (tertiary/aromatic N) is 1. The molecule has 1 atom stereocenters. The van der Waals surface area contributed by atoms with E-state index in [-0.39, 0.29) is 13.2 Å². The van der Waals surface area contributed by atoms with Gasteiger partial charge in [-0.3, -0.25) is 0 Å². The zero-order valence-electron chi connectivity index (χ0n) is 12.3. The van der Waals surface area contributed by atoms with E-state index < -0.39 is 11.2 Å². The first-order valence-corrected chi connectivity index (χ1v) is 6.88. The summed E-state index contributed by atoms with van der Waals surface area (Å²) in [5.74, 6) is 0.651. The van der Waals surface area contributed by atoms with Gasteiger partial charge in [0, 0.05) is 12.6 Å². The minimum absolute atomic E-state index is 0.0345. The first kappa shape index (κ1) is 17.2. The molecule has 0 fully saturated rings. The Balaban J connectivity index is 2.28. The zero-order chi connectivity index (χ0) is 15.7. The molecule has 1 unspecified atom stereocenters. The van der Waals surface area contributed by atoms with Crippen molar-refractivity contribution in [1.29, 1.82) is 0 Å². The highest BCUT2D eigenvalue weighted by molar-refractivity contribution is 5.27. The molecule has 1 aromatic rings. The monoisotopic (exact) mass is 298 g/mol. The molecule has 1 rings (SSSR count). The topological polar surface area (TPSA) is 93.9 Å². The lowest BCUT2D eigenvalue weighted by molar-refractivity contribution is -0.757. The van der Waals surface area contributed by atoms with Crippen molar-refractivity contribution in [2.45, 2.75) is 32.4 Å². The van der Waals surface area contributed by atoms with Crippen LogP contribution < -0.4 is 10.1 Å². The first-order chi connectivity index (χ1) is 9.97. The van der Waals surface area contributed by atoms with E-state index in [0.717, 1.165) is 5.56 Å². The molecule has 0 heterocycles. The Bertz CT molecular complexity index is 422. The molecule has 0 saturated heterocycles. The molecule has 0 amide bonds. The molecule has 0 aliphatic carbocycles. The van der Waals surface area contributed by atoms with E-state index in [2.05, 4.69) is 10.2 Å². The van der Waals surface area contributed by atoms with Crippen molar-refractivity contribution in [2.75, 3.05) is 19.8 Å². The van der Waals surface area contributed by atoms with Gasteiger partial charge in [0.05, 0.1) is 0 Å². The summed E-state index contributed by atoms with van der Waals surface area (Å²) >= 11 is 0. The molecule has 0 radical (unpaired) electrons. The Kier molecular flexibility index (Phi) is 7.49. The van der Waals surface area contributed by atoms with Crippen LogP contribution >= 0.6 is 0 Å². The third-order valence-electron chi connectivity index (χ3n) is 2.71. The predicted octanol–water partition coefficient (Wildman–Crippen LogP) is 1.18. The lowest BCUT2D eigenvalue weighted by Crippen LogP contribution is -2.35. The van der Waals surface area contributed by atoms with Crippen LogP contribution in [-0.2, 0) is 11.3 Å². The van der Waals surface area contributed by atoms with E-state index in [4.69, 9.17) is 4.74 Å². The molecular formula is C14H22N2O5. The average Bonchev–Trinajstić information content (AvgIpc) is 2.44. The van der Waals surface area contributed by atoms with Gasteiger partial charge in [-0.1, -0.05) is 26.0 Å². The van der Waals surface area contributed by atoms with E-state index >= 15 is 0 Å². The maximum Gasteiger partial charge on any atom is 0.294 e. The summed E-state index contributed by atoms with van der Waals surface area (Å²) in [5.41, 5.74) is 0.922. The molecular weight excluding hydrogens is 276 g/mol. The van der Waals surface area contributed by atoms with E-state index in [9.17, 15) is 15.2 Å². The summed E-state index contributed by atoms with van der Waals surface area (Å²) in [6.45, 7) is 4.74. The number of nitrogens with one attached hydrogen (secondary N) is 1. The van der Waals surface area contributed by atoms with Crippen LogP contribution in [0.2, 0.25) is 0 Å². The van der Waals surface area contributed by atoms with Crippen LogP contribution in [-0.4, -0.2) is 42.1 Å². The third-order valence-corrected chi connectivity index (χ3v) is 2.71. The molecule has 0 bridgehead atoms. The van der Waals surface area contributed by atoms with Crippen molar-refractivity contribution >= 4 is 0 Å². The fourth-order valence-corrected chi connectivity index (χ4v) is 1.61. The molecule has 21 heavy (non-hydrogen) atoms. The van der Waals surface area contributed by atoms with Crippen LogP contribution in [0.4, 0.5) is 0 Å². The third kappa shape index (κ3) is 8.11. The number of benzene rings is 1. The van der Waals surface area contributed by atoms with E-state index in [1.54, 1.807) is 12.1 Å². The lowest BCUT2D eigenvalue weighted by Gasteiger charge is -2.15. The standard InChI is InChI=1S/C14H22N2O5/c1-11(2)15-9-13(17)10-20-14-5-3-12(4-6-14)7-8-21-16(18)19/h3-6,11,13,15,17H,7-10H2,1-2H3. The van der Waals surface area contributed by atoms with E-state index in [1.165, 1.54) is 0 Å². The Morgan fingerprint density at radius 1 is 1.33 bits per heavy atom. The van der Waals surface area contributed by atoms with Crippen LogP contribution in [0.1, 0.15) is 19.4 Å². The van der Waals surface area contributed by atoms with Gasteiger partial charge in [-0.25, -0.2) is 0 Å². The number of hydrogen-bond donors (Lipinski definition) is 2. The molecule has 0 spiro atoms. The Labute approximate surface area is 124 Å². The van der Waals surface area contributed by atoms with Gasteiger partial charge in [-0.05, 0) is 24.1 Å². The second-order valence-electron chi connectivity index (χ2n) is 4.98. The summed E-state index contributed by atoms with van der Waals surface area (Å²) in [6, 6.07) is 7.49. The van der Waals surface area contributed by atoms with Gasteiger partial charge in [0.1, 0.15) is 25.1 Å². The van der Waals surface area contributed by atoms with Gasteiger partial charge in [-0.15, -0.1) is 10.1 Å². The van der Waals surface area contributed by atoms with Gasteiger partial charge < -0.3 is 20.0 Å². The van der Waals surface area contributed by atoms with Gasteiger partial charge in [-0.2, -0.15) is 0 Å². The quantitative estimate of drug-likeness (QED) is 0.497. The summed E-state index contributed by atoms with van der Waals surface area (Å²) in [5, 5.41) is 22.1. The fraction of sp³-hybridized carbons (Fsp3) is 0.571. The van der Waals surface area contributed by atoms with Gasteiger partial charge >= 0.3 is 0 Å². The van der Waals surface area contributed by atoms with Crippen molar-refractivity contribution in [3.63, 3.8) is 0 Å². The maximum absolute atomic E-state index is 10.0. The average molecular weight is 298 g/mol. The predicted molar refractivity (Wildman–Crippen MR) is 77.7 cm³/mol. The highest BCUT2D eigenvalue weighted by atomic mass is 16.9. The van der Waals surface area contributed by atoms with Crippen molar-refractivity contribution in [2.24, 2.45) is 0 Å². The molecule has 0 aromatic heterocycles. The second kappa shape index (κ2) is 9.15. The smallest absolute Gasteiger partial charge is 0.294 e. The Morgan fingerprint density at radius 3 is 2.57 bits per heavy atom. The molecule has 118 valence electrons. The molecule has 0 saturated carbocycles. The minimum atomic E-state index is -0.802. The molecule has 7 nitrogen and oxygen atoms in total. The van der Waals surface area contributed by atoms with Gasteiger partial charge in [0.15, 0.2) is 0 Å². The van der Waals surface area contributed by atoms with Crippen molar-refractivity contribution in [1.82, 2.24) is 5.32 Å². The first-order valence-electron chi connectivity index (χ1n) is 6.88. The van der Waals surface area contributed by atoms with Crippen molar-refractivity contribution in [3.05, 3.63) is 39.9 Å². The van der Waals surface area contributed by atoms with Crippen LogP contribution in [0.3, 0.4) is 0 Å². The molecule has 0 aliphatic rings. The molecule has 1 aromatic carbocycles. The highest BCUT2D eigenvalue weighted by Gasteiger charge is 2.06. The SMILES string of the molecule is CC(C)NCC(O)COc1ccc(CCO[N+](=O)[O-])cc1. The van der Waals surface area contributed by atoms with Gasteiger partial charge in [0.25, 0.3) is 5.09 Å². The number of hydrogen-bond acceptors (Lipinski definition) is 6. The Hall–Kier alpha value is -1.86. The normalized spacial score (nSPS) is 12.2. The summed E-state index contributed by atoms with van der Waals surface area (Å²) in [4.78, 5) is 14.3. The van der Waals surface area contributed by atoms with Crippen LogP contribution in [0, 0.1) is 10.1 Å². The summed E-state index contributed by atoms with van der Waals surface area (Å²) in [6.07, 6.45) is -0.108. The fourth-order valence-electron chi connectivity index (χ4n) is 1.61. The van der Waals surface area contributed by atoms with Crippen LogP contribution in [0.25, 0.3) is 0 Å². The second-order valence-corrected chi connectivity index (χ2v) is 4.98. The van der Waals surface area contributed by atoms with Crippen LogP contribution in [0.5, 0.6) is 5.75 Å². The molecule has 7 heteroatoms. The zero-order valence-corrected chi connectivity index (χ0v) is 12.3. The number of aliphatic hydroxyl groups is 1. The lowest BCUT2D eigenvalue weighted by atomic mass is 10.1. The summed E-state index contributed by atoms with van der Waals surface area (Å²) < 4.78 is 5.47. The molecule has 0 aliphatic heterocycles. The Morgan fingerprint density at radius 2 is 2.00 bits per heavy atom. The van der Waals surface area contributed by atoms with Crippen LogP contribution in [0.15, 0.2) is 24.3 Å².